The highest BCUT2D eigenvalue weighted by Gasteiger charge is 2.10. The first-order valence-corrected chi connectivity index (χ1v) is 6.08. The van der Waals surface area contributed by atoms with Crippen LogP contribution in [0.5, 0.6) is 0 Å². The Morgan fingerprint density at radius 1 is 1.00 bits per heavy atom. The summed E-state index contributed by atoms with van der Waals surface area (Å²) in [6.45, 7) is 0. The molecule has 0 fully saturated rings. The van der Waals surface area contributed by atoms with Crippen LogP contribution >= 0.6 is 46.4 Å². The Bertz CT molecular complexity index is 606. The molecule has 0 aliphatic heterocycles. The average Bonchev–Trinajstić information content (AvgIpc) is 2.30. The summed E-state index contributed by atoms with van der Waals surface area (Å²) in [5, 5.41) is 3.43. The van der Waals surface area contributed by atoms with Crippen LogP contribution in [0.25, 0.3) is 0 Å². The van der Waals surface area contributed by atoms with Gasteiger partial charge in [0.15, 0.2) is 11.6 Å². The molecule has 2 rings (SSSR count). The van der Waals surface area contributed by atoms with Gasteiger partial charge in [0, 0.05) is 0 Å². The Balaban J connectivity index is 2.40. The lowest BCUT2D eigenvalue weighted by Crippen LogP contribution is -1.99. The van der Waals surface area contributed by atoms with Gasteiger partial charge in [0.05, 0.1) is 27.0 Å². The number of halogens is 5. The van der Waals surface area contributed by atoms with Crippen LogP contribution in [-0.4, -0.2) is 9.97 Å². The van der Waals surface area contributed by atoms with E-state index in [1.807, 2.05) is 0 Å². The van der Waals surface area contributed by atoms with E-state index in [0.717, 1.165) is 6.20 Å². The zero-order valence-corrected chi connectivity index (χ0v) is 11.5. The molecule has 1 heterocycles. The summed E-state index contributed by atoms with van der Waals surface area (Å²) >= 11 is 23.1. The summed E-state index contributed by atoms with van der Waals surface area (Å²) < 4.78 is 13.4. The van der Waals surface area contributed by atoms with Crippen LogP contribution in [0.4, 0.5) is 15.9 Å². The van der Waals surface area contributed by atoms with Gasteiger partial charge in [-0.3, -0.25) is 0 Å². The van der Waals surface area contributed by atoms with Crippen molar-refractivity contribution in [2.45, 2.75) is 0 Å². The highest BCUT2D eigenvalue weighted by atomic mass is 35.5. The van der Waals surface area contributed by atoms with Gasteiger partial charge in [-0.05, 0) is 23.7 Å². The Labute approximate surface area is 122 Å². The first-order valence-electron chi connectivity index (χ1n) is 4.57. The summed E-state index contributed by atoms with van der Waals surface area (Å²) in [7, 11) is 0. The predicted octanol–water partition coefficient (Wildman–Crippen LogP) is 4.97. The van der Waals surface area contributed by atoms with Crippen molar-refractivity contribution in [3.63, 3.8) is 0 Å². The fourth-order valence-corrected chi connectivity index (χ4v) is 1.91. The number of hydrogen-bond donors (Lipinski definition) is 1. The third-order valence-corrected chi connectivity index (χ3v) is 3.19. The number of anilines is 2. The first kappa shape index (κ1) is 13.6. The molecule has 0 radical (unpaired) electrons. The fourth-order valence-electron chi connectivity index (χ4n) is 1.18. The molecule has 2 aromatic rings. The first-order chi connectivity index (χ1) is 8.47. The maximum absolute atomic E-state index is 13.4. The molecule has 0 bridgehead atoms. The van der Waals surface area contributed by atoms with Crippen molar-refractivity contribution < 1.29 is 4.39 Å². The topological polar surface area (TPSA) is 37.8 Å². The molecule has 0 spiro atoms. The van der Waals surface area contributed by atoms with E-state index in [0.29, 0.717) is 10.7 Å². The van der Waals surface area contributed by atoms with E-state index in [4.69, 9.17) is 46.4 Å². The minimum Gasteiger partial charge on any atom is -0.336 e. The van der Waals surface area contributed by atoms with E-state index >= 15 is 0 Å². The molecule has 3 nitrogen and oxygen atoms in total. The molecular weight excluding hydrogens is 323 g/mol. The maximum Gasteiger partial charge on any atom is 0.224 e. The SMILES string of the molecule is Fc1cnc(Cl)nc1Nc1cc(Cl)c(Cl)cc1Cl. The predicted molar refractivity (Wildman–Crippen MR) is 71.8 cm³/mol. The lowest BCUT2D eigenvalue weighted by Gasteiger charge is -2.09. The number of nitrogens with one attached hydrogen (secondary N) is 1. The van der Waals surface area contributed by atoms with E-state index in [1.54, 1.807) is 0 Å². The molecule has 94 valence electrons. The fraction of sp³-hybridized carbons (Fsp3) is 0. The van der Waals surface area contributed by atoms with Gasteiger partial charge < -0.3 is 5.32 Å². The van der Waals surface area contributed by atoms with Crippen LogP contribution in [0.15, 0.2) is 18.3 Å². The molecule has 0 saturated heterocycles. The zero-order valence-electron chi connectivity index (χ0n) is 8.52. The minimum absolute atomic E-state index is 0.0879. The third kappa shape index (κ3) is 2.95. The Kier molecular flexibility index (Phi) is 4.12. The molecule has 8 heteroatoms. The summed E-state index contributed by atoms with van der Waals surface area (Å²) in [5.41, 5.74) is 0.361. The molecule has 0 aliphatic rings. The van der Waals surface area contributed by atoms with Crippen molar-refractivity contribution in [3.8, 4) is 0 Å². The third-order valence-electron chi connectivity index (χ3n) is 1.98. The van der Waals surface area contributed by atoms with Crippen LogP contribution in [0, 0.1) is 5.82 Å². The summed E-state index contributed by atoms with van der Waals surface area (Å²) in [4.78, 5) is 7.19. The zero-order chi connectivity index (χ0) is 13.3. The molecule has 18 heavy (non-hydrogen) atoms. The van der Waals surface area contributed by atoms with Crippen molar-refractivity contribution in [1.82, 2.24) is 9.97 Å². The smallest absolute Gasteiger partial charge is 0.224 e. The molecule has 1 N–H and O–H groups in total. The normalized spacial score (nSPS) is 10.5. The molecule has 0 unspecified atom stereocenters. The second kappa shape index (κ2) is 5.45. The van der Waals surface area contributed by atoms with E-state index in [2.05, 4.69) is 15.3 Å². The van der Waals surface area contributed by atoms with Gasteiger partial charge in [-0.15, -0.1) is 0 Å². The van der Waals surface area contributed by atoms with Gasteiger partial charge in [0.2, 0.25) is 5.28 Å². The standard InChI is InChI=1S/C10H4Cl4FN3/c11-4-1-6(13)8(2-5(4)12)17-9-7(15)3-16-10(14)18-9/h1-3H,(H,16,17,18). The van der Waals surface area contributed by atoms with Gasteiger partial charge in [0.25, 0.3) is 0 Å². The Morgan fingerprint density at radius 2 is 1.67 bits per heavy atom. The van der Waals surface area contributed by atoms with Crippen molar-refractivity contribution in [2.24, 2.45) is 0 Å². The van der Waals surface area contributed by atoms with E-state index < -0.39 is 5.82 Å². The number of rotatable bonds is 2. The molecule has 0 saturated carbocycles. The molecule has 1 aromatic heterocycles. The highest BCUT2D eigenvalue weighted by molar-refractivity contribution is 6.44. The number of benzene rings is 1. The number of nitrogens with zero attached hydrogens (tertiary/aromatic N) is 2. The lowest BCUT2D eigenvalue weighted by atomic mass is 10.3. The van der Waals surface area contributed by atoms with Gasteiger partial charge >= 0.3 is 0 Å². The molecule has 1 aromatic carbocycles. The monoisotopic (exact) mass is 325 g/mol. The molecule has 0 aliphatic carbocycles. The summed E-state index contributed by atoms with van der Waals surface area (Å²) in [6, 6.07) is 2.90. The lowest BCUT2D eigenvalue weighted by molar-refractivity contribution is 0.619. The van der Waals surface area contributed by atoms with E-state index in [9.17, 15) is 4.39 Å². The van der Waals surface area contributed by atoms with Crippen molar-refractivity contribution in [2.75, 3.05) is 5.32 Å². The van der Waals surface area contributed by atoms with Crippen LogP contribution in [0.3, 0.4) is 0 Å². The van der Waals surface area contributed by atoms with E-state index in [-0.39, 0.29) is 21.1 Å². The second-order valence-electron chi connectivity index (χ2n) is 3.21. The Hall–Kier alpha value is -0.810. The second-order valence-corrected chi connectivity index (χ2v) is 4.77. The van der Waals surface area contributed by atoms with Crippen LogP contribution in [0.1, 0.15) is 0 Å². The number of aromatic nitrogens is 2. The van der Waals surface area contributed by atoms with E-state index in [1.165, 1.54) is 12.1 Å². The van der Waals surface area contributed by atoms with Crippen molar-refractivity contribution >= 4 is 57.9 Å². The van der Waals surface area contributed by atoms with Crippen molar-refractivity contribution in [3.05, 3.63) is 44.5 Å². The minimum atomic E-state index is -0.665. The van der Waals surface area contributed by atoms with Gasteiger partial charge in [-0.25, -0.2) is 9.37 Å². The number of hydrogen-bond acceptors (Lipinski definition) is 3. The molecular formula is C10H4Cl4FN3. The van der Waals surface area contributed by atoms with Crippen LogP contribution < -0.4 is 5.32 Å². The average molecular weight is 327 g/mol. The summed E-state index contributed by atoms with van der Waals surface area (Å²) in [5.74, 6) is -0.767. The van der Waals surface area contributed by atoms with Crippen molar-refractivity contribution in [1.29, 1.82) is 0 Å². The quantitative estimate of drug-likeness (QED) is 0.625. The molecule has 0 atom stereocenters. The highest BCUT2D eigenvalue weighted by Crippen LogP contribution is 2.34. The summed E-state index contributed by atoms with van der Waals surface area (Å²) in [6.07, 6.45) is 0.948. The van der Waals surface area contributed by atoms with Crippen LogP contribution in [0.2, 0.25) is 20.4 Å². The maximum atomic E-state index is 13.4. The van der Waals surface area contributed by atoms with Gasteiger partial charge in [-0.1, -0.05) is 34.8 Å². The van der Waals surface area contributed by atoms with Gasteiger partial charge in [0.1, 0.15) is 0 Å². The molecule has 0 amide bonds. The Morgan fingerprint density at radius 3 is 2.39 bits per heavy atom. The van der Waals surface area contributed by atoms with Gasteiger partial charge in [-0.2, -0.15) is 4.98 Å². The largest absolute Gasteiger partial charge is 0.336 e. The van der Waals surface area contributed by atoms with Crippen LogP contribution in [-0.2, 0) is 0 Å².